The first-order valence-corrected chi connectivity index (χ1v) is 4.56. The summed E-state index contributed by atoms with van der Waals surface area (Å²) < 4.78 is 10.3. The minimum Gasteiger partial charge on any atom is -0.469 e. The second-order valence-corrected chi connectivity index (χ2v) is 3.77. The van der Waals surface area contributed by atoms with Gasteiger partial charge < -0.3 is 9.15 Å². The first kappa shape index (κ1) is 7.18. The standard InChI is InChI=1S/C10H10O3/c11-10-8-4-9-6(1-2-12-9)3-7(8)5-13-10/h1-2,7-8H,3-5H2/t7-,8-/m1/s1. The molecule has 0 spiro atoms. The minimum absolute atomic E-state index is 0.0490. The van der Waals surface area contributed by atoms with E-state index in [-0.39, 0.29) is 11.9 Å². The van der Waals surface area contributed by atoms with Gasteiger partial charge in [0.15, 0.2) is 0 Å². The summed E-state index contributed by atoms with van der Waals surface area (Å²) >= 11 is 0. The van der Waals surface area contributed by atoms with E-state index in [1.54, 1.807) is 6.26 Å². The number of hydrogen-bond acceptors (Lipinski definition) is 3. The fourth-order valence-corrected chi connectivity index (χ4v) is 2.27. The Labute approximate surface area is 75.7 Å². The molecule has 1 aromatic rings. The van der Waals surface area contributed by atoms with Crippen molar-refractivity contribution in [3.05, 3.63) is 23.7 Å². The van der Waals surface area contributed by atoms with Crippen LogP contribution in [0, 0.1) is 11.8 Å². The molecule has 13 heavy (non-hydrogen) atoms. The smallest absolute Gasteiger partial charge is 0.309 e. The maximum Gasteiger partial charge on any atom is 0.309 e. The van der Waals surface area contributed by atoms with Gasteiger partial charge in [-0.2, -0.15) is 0 Å². The molecule has 1 fully saturated rings. The molecule has 2 atom stereocenters. The fourth-order valence-electron chi connectivity index (χ4n) is 2.27. The van der Waals surface area contributed by atoms with Crippen molar-refractivity contribution in [2.24, 2.45) is 11.8 Å². The normalized spacial score (nSPS) is 30.9. The summed E-state index contributed by atoms with van der Waals surface area (Å²) in [6.45, 7) is 0.591. The van der Waals surface area contributed by atoms with E-state index in [1.165, 1.54) is 5.56 Å². The van der Waals surface area contributed by atoms with Crippen LogP contribution in [0.25, 0.3) is 0 Å². The lowest BCUT2D eigenvalue weighted by Gasteiger charge is -2.19. The summed E-state index contributed by atoms with van der Waals surface area (Å²) in [4.78, 5) is 11.3. The number of carbonyl (C=O) groups excluding carboxylic acids is 1. The monoisotopic (exact) mass is 178 g/mol. The molecule has 0 radical (unpaired) electrons. The maximum absolute atomic E-state index is 11.3. The summed E-state index contributed by atoms with van der Waals surface area (Å²) in [5.41, 5.74) is 1.25. The number of rotatable bonds is 0. The molecule has 0 amide bonds. The predicted octanol–water partition coefficient (Wildman–Crippen LogP) is 1.17. The van der Waals surface area contributed by atoms with Crippen molar-refractivity contribution < 1.29 is 13.9 Å². The highest BCUT2D eigenvalue weighted by molar-refractivity contribution is 5.75. The Morgan fingerprint density at radius 2 is 2.31 bits per heavy atom. The van der Waals surface area contributed by atoms with Crippen LogP contribution in [0.1, 0.15) is 11.3 Å². The molecule has 1 aromatic heterocycles. The van der Waals surface area contributed by atoms with E-state index in [1.807, 2.05) is 6.07 Å². The van der Waals surface area contributed by atoms with Crippen LogP contribution in [0.5, 0.6) is 0 Å². The van der Waals surface area contributed by atoms with Crippen LogP contribution in [-0.2, 0) is 22.4 Å². The molecule has 0 bridgehead atoms. The van der Waals surface area contributed by atoms with E-state index in [0.29, 0.717) is 12.5 Å². The van der Waals surface area contributed by atoms with Crippen molar-refractivity contribution >= 4 is 5.97 Å². The van der Waals surface area contributed by atoms with Crippen molar-refractivity contribution in [3.63, 3.8) is 0 Å². The quantitative estimate of drug-likeness (QED) is 0.560. The van der Waals surface area contributed by atoms with Gasteiger partial charge in [-0.15, -0.1) is 0 Å². The fraction of sp³-hybridized carbons (Fsp3) is 0.500. The topological polar surface area (TPSA) is 39.4 Å². The van der Waals surface area contributed by atoms with Crippen molar-refractivity contribution in [2.75, 3.05) is 6.61 Å². The van der Waals surface area contributed by atoms with E-state index in [4.69, 9.17) is 9.15 Å². The second-order valence-electron chi connectivity index (χ2n) is 3.77. The lowest BCUT2D eigenvalue weighted by Crippen LogP contribution is -2.25. The Hall–Kier alpha value is -1.25. The molecule has 3 nitrogen and oxygen atoms in total. The lowest BCUT2D eigenvalue weighted by atomic mass is 9.81. The number of esters is 1. The highest BCUT2D eigenvalue weighted by Gasteiger charge is 2.41. The molecule has 0 unspecified atom stereocenters. The van der Waals surface area contributed by atoms with Crippen LogP contribution in [0.4, 0.5) is 0 Å². The minimum atomic E-state index is -0.0490. The van der Waals surface area contributed by atoms with Gasteiger partial charge in [0.25, 0.3) is 0 Å². The number of furan rings is 1. The molecule has 3 rings (SSSR count). The first-order chi connectivity index (χ1) is 6.34. The van der Waals surface area contributed by atoms with Crippen molar-refractivity contribution in [3.8, 4) is 0 Å². The zero-order valence-corrected chi connectivity index (χ0v) is 7.16. The molecule has 0 aromatic carbocycles. The van der Waals surface area contributed by atoms with E-state index in [0.717, 1.165) is 18.6 Å². The summed E-state index contributed by atoms with van der Waals surface area (Å²) in [5, 5.41) is 0. The van der Waals surface area contributed by atoms with Gasteiger partial charge in [-0.3, -0.25) is 4.79 Å². The second kappa shape index (κ2) is 2.37. The van der Waals surface area contributed by atoms with Crippen LogP contribution in [0.2, 0.25) is 0 Å². The summed E-state index contributed by atoms with van der Waals surface area (Å²) in [7, 11) is 0. The average molecular weight is 178 g/mol. The number of fused-ring (bicyclic) bond motifs is 2. The molecule has 2 aliphatic rings. The number of hydrogen-bond donors (Lipinski definition) is 0. The van der Waals surface area contributed by atoms with Crippen LogP contribution >= 0.6 is 0 Å². The molecular formula is C10H10O3. The summed E-state index contributed by atoms with van der Waals surface area (Å²) in [6.07, 6.45) is 3.37. The molecule has 1 saturated heterocycles. The Kier molecular flexibility index (Phi) is 1.31. The highest BCUT2D eigenvalue weighted by Crippen LogP contribution is 2.35. The van der Waals surface area contributed by atoms with Gasteiger partial charge in [0, 0.05) is 12.3 Å². The molecule has 3 heteroatoms. The average Bonchev–Trinajstić information content (AvgIpc) is 2.70. The first-order valence-electron chi connectivity index (χ1n) is 4.56. The van der Waals surface area contributed by atoms with Gasteiger partial charge in [0.05, 0.1) is 18.8 Å². The molecule has 0 N–H and O–H groups in total. The largest absolute Gasteiger partial charge is 0.469 e. The van der Waals surface area contributed by atoms with Crippen LogP contribution in [-0.4, -0.2) is 12.6 Å². The highest BCUT2D eigenvalue weighted by atomic mass is 16.5. The Balaban J connectivity index is 1.98. The van der Waals surface area contributed by atoms with E-state index in [2.05, 4.69) is 0 Å². The zero-order chi connectivity index (χ0) is 8.84. The molecule has 1 aliphatic heterocycles. The third kappa shape index (κ3) is 0.930. The number of ether oxygens (including phenoxy) is 1. The number of carbonyl (C=O) groups is 1. The lowest BCUT2D eigenvalue weighted by molar-refractivity contribution is -0.141. The molecule has 2 heterocycles. The van der Waals surface area contributed by atoms with Crippen molar-refractivity contribution in [1.29, 1.82) is 0 Å². The predicted molar refractivity (Wildman–Crippen MR) is 44.1 cm³/mol. The van der Waals surface area contributed by atoms with E-state index in [9.17, 15) is 4.79 Å². The number of cyclic esters (lactones) is 1. The van der Waals surface area contributed by atoms with Crippen molar-refractivity contribution in [2.45, 2.75) is 12.8 Å². The molecular weight excluding hydrogens is 168 g/mol. The summed E-state index contributed by atoms with van der Waals surface area (Å²) in [5.74, 6) is 1.36. The third-order valence-electron chi connectivity index (χ3n) is 3.04. The van der Waals surface area contributed by atoms with E-state index < -0.39 is 0 Å². The molecule has 68 valence electrons. The molecule has 0 saturated carbocycles. The van der Waals surface area contributed by atoms with Crippen LogP contribution < -0.4 is 0 Å². The van der Waals surface area contributed by atoms with Gasteiger partial charge in [-0.1, -0.05) is 0 Å². The molecule has 1 aliphatic carbocycles. The zero-order valence-electron chi connectivity index (χ0n) is 7.16. The van der Waals surface area contributed by atoms with Gasteiger partial charge >= 0.3 is 5.97 Å². The Morgan fingerprint density at radius 1 is 1.38 bits per heavy atom. The van der Waals surface area contributed by atoms with Gasteiger partial charge in [0.2, 0.25) is 0 Å². The maximum atomic E-state index is 11.3. The van der Waals surface area contributed by atoms with E-state index >= 15 is 0 Å². The van der Waals surface area contributed by atoms with Crippen LogP contribution in [0.3, 0.4) is 0 Å². The van der Waals surface area contributed by atoms with Crippen molar-refractivity contribution in [1.82, 2.24) is 0 Å². The van der Waals surface area contributed by atoms with Gasteiger partial charge in [-0.05, 0) is 18.1 Å². The summed E-state index contributed by atoms with van der Waals surface area (Å²) in [6, 6.07) is 1.99. The Bertz CT molecular complexity index is 353. The SMILES string of the molecule is O=C1OC[C@H]2Cc3ccoc3C[C@@H]12. The van der Waals surface area contributed by atoms with Gasteiger partial charge in [-0.25, -0.2) is 0 Å². The van der Waals surface area contributed by atoms with Crippen LogP contribution in [0.15, 0.2) is 16.7 Å². The third-order valence-corrected chi connectivity index (χ3v) is 3.04. The Morgan fingerprint density at radius 3 is 3.23 bits per heavy atom. The van der Waals surface area contributed by atoms with Gasteiger partial charge in [0.1, 0.15) is 5.76 Å².